The fourth-order valence-electron chi connectivity index (χ4n) is 2.01. The van der Waals surface area contributed by atoms with E-state index in [1.165, 1.54) is 49.8 Å². The Bertz CT molecular complexity index is 188. The maximum absolute atomic E-state index is 5.77. The molecule has 0 heterocycles. The molecule has 0 spiro atoms. The van der Waals surface area contributed by atoms with E-state index in [1.54, 1.807) is 0 Å². The molecule has 18 heavy (non-hydrogen) atoms. The molecule has 0 bridgehead atoms. The highest BCUT2D eigenvalue weighted by atomic mass is 35.5. The van der Waals surface area contributed by atoms with Gasteiger partial charge in [0.1, 0.15) is 0 Å². The van der Waals surface area contributed by atoms with E-state index in [0.29, 0.717) is 0 Å². The molecule has 0 fully saturated rings. The smallest absolute Gasteiger partial charge is 0.0802 e. The summed E-state index contributed by atoms with van der Waals surface area (Å²) < 4.78 is 1.20. The molecule has 112 valence electrons. The topological polar surface area (TPSA) is 12.0 Å². The minimum absolute atomic E-state index is 0. The molecule has 0 aliphatic rings. The highest BCUT2D eigenvalue weighted by Crippen LogP contribution is 2.16. The molecule has 2 nitrogen and oxygen atoms in total. The molecule has 0 radical (unpaired) electrons. The lowest BCUT2D eigenvalue weighted by Crippen LogP contribution is -3.00. The van der Waals surface area contributed by atoms with Crippen LogP contribution in [-0.4, -0.2) is 36.7 Å². The molecule has 0 unspecified atom stereocenters. The first-order valence-electron chi connectivity index (χ1n) is 7.10. The fraction of sp³-hybridized carbons (Fsp3) is 1.00. The molecule has 1 N–H and O–H groups in total. The summed E-state index contributed by atoms with van der Waals surface area (Å²) >= 11 is 5.77. The second-order valence-electron chi connectivity index (χ2n) is 6.23. The van der Waals surface area contributed by atoms with Gasteiger partial charge in [0.15, 0.2) is 0 Å². The number of nitrogens with one attached hydrogen (secondary N) is 1. The number of nitrogens with zero attached hydrogens (tertiary/aromatic N) is 1. The molecular weight excluding hydrogens is 267 g/mol. The van der Waals surface area contributed by atoms with Gasteiger partial charge in [-0.1, -0.05) is 26.7 Å². The SMILES string of the molecule is CCCC[N+](C)(CCCC)CCC(C)(C)NCl.[Cl-]. The summed E-state index contributed by atoms with van der Waals surface area (Å²) in [7, 11) is 2.40. The predicted octanol–water partition coefficient (Wildman–Crippen LogP) is 0.949. The van der Waals surface area contributed by atoms with Crippen molar-refractivity contribution in [2.45, 2.75) is 65.3 Å². The average Bonchev–Trinajstić information content (AvgIpc) is 2.32. The molecule has 0 rings (SSSR count). The van der Waals surface area contributed by atoms with Crippen LogP contribution >= 0.6 is 11.8 Å². The summed E-state index contributed by atoms with van der Waals surface area (Å²) in [6, 6.07) is 0. The summed E-state index contributed by atoms with van der Waals surface area (Å²) in [5.41, 5.74) is 0.0412. The summed E-state index contributed by atoms with van der Waals surface area (Å²) in [6.45, 7) is 12.7. The van der Waals surface area contributed by atoms with Crippen LogP contribution in [-0.2, 0) is 0 Å². The van der Waals surface area contributed by atoms with Crippen molar-refractivity contribution < 1.29 is 16.9 Å². The van der Waals surface area contributed by atoms with Gasteiger partial charge in [0, 0.05) is 12.0 Å². The Labute approximate surface area is 126 Å². The van der Waals surface area contributed by atoms with Gasteiger partial charge in [-0.05, 0) is 38.5 Å². The zero-order chi connectivity index (χ0) is 13.4. The fourth-order valence-corrected chi connectivity index (χ4v) is 2.11. The quantitative estimate of drug-likeness (QED) is 0.468. The zero-order valence-corrected chi connectivity index (χ0v) is 14.4. The van der Waals surface area contributed by atoms with Crippen molar-refractivity contribution in [3.05, 3.63) is 0 Å². The van der Waals surface area contributed by atoms with Crippen LogP contribution in [0.15, 0.2) is 0 Å². The van der Waals surface area contributed by atoms with E-state index < -0.39 is 0 Å². The van der Waals surface area contributed by atoms with E-state index in [0.717, 1.165) is 6.42 Å². The average molecular weight is 299 g/mol. The number of quaternary nitrogens is 1. The minimum atomic E-state index is 0. The molecule has 0 saturated carbocycles. The largest absolute Gasteiger partial charge is 1.00 e. The Balaban J connectivity index is 0. The van der Waals surface area contributed by atoms with E-state index in [-0.39, 0.29) is 17.9 Å². The van der Waals surface area contributed by atoms with Crippen molar-refractivity contribution in [3.63, 3.8) is 0 Å². The van der Waals surface area contributed by atoms with Gasteiger partial charge in [-0.15, -0.1) is 0 Å². The monoisotopic (exact) mass is 298 g/mol. The van der Waals surface area contributed by atoms with Crippen LogP contribution in [0, 0.1) is 0 Å². The number of unbranched alkanes of at least 4 members (excludes halogenated alkanes) is 2. The Kier molecular flexibility index (Phi) is 11.9. The number of hydrogen-bond donors (Lipinski definition) is 1. The molecule has 0 aliphatic carbocycles. The van der Waals surface area contributed by atoms with Crippen LogP contribution in [0.25, 0.3) is 0 Å². The van der Waals surface area contributed by atoms with Gasteiger partial charge in [-0.2, -0.15) is 0 Å². The minimum Gasteiger partial charge on any atom is -1.00 e. The van der Waals surface area contributed by atoms with Crippen molar-refractivity contribution >= 4 is 11.8 Å². The first kappa shape index (κ1) is 20.8. The van der Waals surface area contributed by atoms with Gasteiger partial charge in [-0.3, -0.25) is 0 Å². The van der Waals surface area contributed by atoms with E-state index in [2.05, 4.69) is 39.6 Å². The third kappa shape index (κ3) is 9.43. The van der Waals surface area contributed by atoms with Crippen molar-refractivity contribution in [3.8, 4) is 0 Å². The van der Waals surface area contributed by atoms with Crippen molar-refractivity contribution in [2.24, 2.45) is 0 Å². The maximum Gasteiger partial charge on any atom is 0.0802 e. The molecule has 0 atom stereocenters. The molecule has 0 aromatic heterocycles. The Hall–Kier alpha value is 0.500. The summed E-state index contributed by atoms with van der Waals surface area (Å²) in [4.78, 5) is 2.89. The maximum atomic E-state index is 5.77. The molecule has 0 aliphatic heterocycles. The third-order valence-corrected chi connectivity index (χ3v) is 4.15. The zero-order valence-electron chi connectivity index (χ0n) is 12.9. The lowest BCUT2D eigenvalue weighted by Gasteiger charge is -2.37. The van der Waals surface area contributed by atoms with Gasteiger partial charge in [-0.25, -0.2) is 4.84 Å². The molecule has 0 amide bonds. The summed E-state index contributed by atoms with van der Waals surface area (Å²) in [5, 5.41) is 0. The normalized spacial score (nSPS) is 12.3. The van der Waals surface area contributed by atoms with E-state index in [1.807, 2.05) is 0 Å². The lowest BCUT2D eigenvalue weighted by atomic mass is 10.0. The van der Waals surface area contributed by atoms with Crippen LogP contribution in [0.5, 0.6) is 0 Å². The number of rotatable bonds is 10. The number of halogens is 2. The lowest BCUT2D eigenvalue weighted by molar-refractivity contribution is -0.910. The Morgan fingerprint density at radius 1 is 1.00 bits per heavy atom. The van der Waals surface area contributed by atoms with Gasteiger partial charge >= 0.3 is 0 Å². The Morgan fingerprint density at radius 2 is 1.44 bits per heavy atom. The highest BCUT2D eigenvalue weighted by molar-refractivity contribution is 6.13. The van der Waals surface area contributed by atoms with E-state index in [4.69, 9.17) is 11.8 Å². The van der Waals surface area contributed by atoms with Gasteiger partial charge in [0.2, 0.25) is 0 Å². The second kappa shape index (κ2) is 10.3. The first-order chi connectivity index (χ1) is 7.89. The van der Waals surface area contributed by atoms with Crippen LogP contribution in [0.4, 0.5) is 0 Å². The second-order valence-corrected chi connectivity index (χ2v) is 6.41. The molecule has 0 saturated heterocycles. The number of hydrogen-bond acceptors (Lipinski definition) is 1. The van der Waals surface area contributed by atoms with Gasteiger partial charge in [0.05, 0.1) is 26.7 Å². The van der Waals surface area contributed by atoms with E-state index >= 15 is 0 Å². The molecule has 0 aromatic carbocycles. The van der Waals surface area contributed by atoms with Crippen LogP contribution in [0.3, 0.4) is 0 Å². The standard InChI is InChI=1S/C14H32ClN2.ClH/c1-6-8-11-17(5,12-9-7-2)13-10-14(3,4)16-15;/h16H,6-13H2,1-5H3;1H/q+1;/p-1. The van der Waals surface area contributed by atoms with Crippen LogP contribution in [0.2, 0.25) is 0 Å². The molecule has 4 heteroatoms. The summed E-state index contributed by atoms with van der Waals surface area (Å²) in [6.07, 6.45) is 6.36. The van der Waals surface area contributed by atoms with Crippen LogP contribution in [0.1, 0.15) is 59.8 Å². The van der Waals surface area contributed by atoms with Crippen molar-refractivity contribution in [1.82, 2.24) is 4.84 Å². The summed E-state index contributed by atoms with van der Waals surface area (Å²) in [5.74, 6) is 0. The first-order valence-corrected chi connectivity index (χ1v) is 7.48. The van der Waals surface area contributed by atoms with E-state index in [9.17, 15) is 0 Å². The van der Waals surface area contributed by atoms with Gasteiger partial charge in [0.25, 0.3) is 0 Å². The van der Waals surface area contributed by atoms with Gasteiger partial charge < -0.3 is 16.9 Å². The van der Waals surface area contributed by atoms with Crippen LogP contribution < -0.4 is 17.2 Å². The van der Waals surface area contributed by atoms with Crippen molar-refractivity contribution in [2.75, 3.05) is 26.7 Å². The predicted molar refractivity (Wildman–Crippen MR) is 78.3 cm³/mol. The third-order valence-electron chi connectivity index (χ3n) is 3.64. The van der Waals surface area contributed by atoms with Crippen molar-refractivity contribution in [1.29, 1.82) is 0 Å². The molecular formula is C14H32Cl2N2. The Morgan fingerprint density at radius 3 is 1.78 bits per heavy atom. The highest BCUT2D eigenvalue weighted by Gasteiger charge is 2.25. The molecule has 0 aromatic rings.